The molecule has 1 amide bonds. The Bertz CT molecular complexity index is 1170. The number of hydrogen-bond acceptors (Lipinski definition) is 5. The van der Waals surface area contributed by atoms with E-state index >= 15 is 0 Å². The molecule has 2 aromatic heterocycles. The van der Waals surface area contributed by atoms with E-state index in [2.05, 4.69) is 20.6 Å². The molecule has 0 spiro atoms. The summed E-state index contributed by atoms with van der Waals surface area (Å²) in [5.74, 6) is 1.96. The lowest BCUT2D eigenvalue weighted by Gasteiger charge is -2.08. The number of aromatic nitrogens is 2. The van der Waals surface area contributed by atoms with Crippen molar-refractivity contribution < 1.29 is 13.6 Å². The predicted molar refractivity (Wildman–Crippen MR) is 112 cm³/mol. The van der Waals surface area contributed by atoms with Crippen molar-refractivity contribution in [2.24, 2.45) is 0 Å². The summed E-state index contributed by atoms with van der Waals surface area (Å²) in [4.78, 5) is 20.9. The number of hydrogen-bond donors (Lipinski definition) is 2. The highest BCUT2D eigenvalue weighted by Crippen LogP contribution is 2.20. The monoisotopic (exact) mass is 402 g/mol. The number of furan rings is 1. The van der Waals surface area contributed by atoms with Crippen LogP contribution in [-0.2, 0) is 6.54 Å². The first-order chi connectivity index (χ1) is 14.6. The lowest BCUT2D eigenvalue weighted by molar-refractivity contribution is 0.0948. The SMILES string of the molecule is Cc1ccc(CNC(=O)c2ccc(Nc3ccnc(-c4cccc(F)c4)n3)cc2)o1. The van der Waals surface area contributed by atoms with Crippen LogP contribution in [0.4, 0.5) is 15.9 Å². The number of carbonyl (C=O) groups excluding carboxylic acids is 1. The van der Waals surface area contributed by atoms with Crippen LogP contribution < -0.4 is 10.6 Å². The molecule has 0 fully saturated rings. The predicted octanol–water partition coefficient (Wildman–Crippen LogP) is 4.86. The normalized spacial score (nSPS) is 10.6. The van der Waals surface area contributed by atoms with Gasteiger partial charge in [0.1, 0.15) is 23.2 Å². The van der Waals surface area contributed by atoms with E-state index in [0.29, 0.717) is 35.1 Å². The maximum Gasteiger partial charge on any atom is 0.251 e. The van der Waals surface area contributed by atoms with Gasteiger partial charge in [-0.1, -0.05) is 12.1 Å². The van der Waals surface area contributed by atoms with Crippen LogP contribution in [0.3, 0.4) is 0 Å². The number of nitrogens with one attached hydrogen (secondary N) is 2. The van der Waals surface area contributed by atoms with E-state index in [-0.39, 0.29) is 11.7 Å². The summed E-state index contributed by atoms with van der Waals surface area (Å²) in [6.45, 7) is 2.19. The fourth-order valence-corrected chi connectivity index (χ4v) is 2.90. The van der Waals surface area contributed by atoms with Crippen molar-refractivity contribution in [3.05, 3.63) is 95.8 Å². The topological polar surface area (TPSA) is 80.0 Å². The number of anilines is 2. The molecule has 30 heavy (non-hydrogen) atoms. The van der Waals surface area contributed by atoms with Crippen LogP contribution in [-0.4, -0.2) is 15.9 Å². The van der Waals surface area contributed by atoms with Gasteiger partial charge in [0, 0.05) is 23.0 Å². The Labute approximate surface area is 172 Å². The number of rotatable bonds is 6. The van der Waals surface area contributed by atoms with Gasteiger partial charge in [0.25, 0.3) is 5.91 Å². The molecule has 7 heteroatoms. The summed E-state index contributed by atoms with van der Waals surface area (Å²) in [6, 6.07) is 18.6. The van der Waals surface area contributed by atoms with Gasteiger partial charge in [-0.2, -0.15) is 0 Å². The zero-order valence-electron chi connectivity index (χ0n) is 16.2. The number of aryl methyl sites for hydroxylation is 1. The quantitative estimate of drug-likeness (QED) is 0.482. The highest BCUT2D eigenvalue weighted by molar-refractivity contribution is 5.94. The van der Waals surface area contributed by atoms with Gasteiger partial charge < -0.3 is 15.1 Å². The molecule has 0 bridgehead atoms. The first kappa shape index (κ1) is 19.3. The Kier molecular flexibility index (Phi) is 5.52. The molecule has 0 unspecified atom stereocenters. The third-order valence-corrected chi connectivity index (χ3v) is 4.38. The third kappa shape index (κ3) is 4.70. The van der Waals surface area contributed by atoms with Gasteiger partial charge in [-0.15, -0.1) is 0 Å². The van der Waals surface area contributed by atoms with E-state index in [4.69, 9.17) is 4.42 Å². The van der Waals surface area contributed by atoms with Gasteiger partial charge in [-0.25, -0.2) is 14.4 Å². The van der Waals surface area contributed by atoms with Crippen molar-refractivity contribution in [1.82, 2.24) is 15.3 Å². The Morgan fingerprint density at radius 3 is 2.63 bits per heavy atom. The van der Waals surface area contributed by atoms with Gasteiger partial charge >= 0.3 is 0 Å². The third-order valence-electron chi connectivity index (χ3n) is 4.38. The van der Waals surface area contributed by atoms with Gasteiger partial charge in [0.05, 0.1) is 6.54 Å². The molecule has 4 aromatic rings. The minimum atomic E-state index is -0.342. The molecule has 0 saturated carbocycles. The molecule has 0 aliphatic heterocycles. The Morgan fingerprint density at radius 2 is 1.90 bits per heavy atom. The highest BCUT2D eigenvalue weighted by Gasteiger charge is 2.08. The van der Waals surface area contributed by atoms with Crippen molar-refractivity contribution in [3.63, 3.8) is 0 Å². The fraction of sp³-hybridized carbons (Fsp3) is 0.0870. The second kappa shape index (κ2) is 8.57. The molecule has 2 N–H and O–H groups in total. The van der Waals surface area contributed by atoms with Crippen LogP contribution in [0.2, 0.25) is 0 Å². The molecule has 0 saturated heterocycles. The molecule has 0 atom stereocenters. The van der Waals surface area contributed by atoms with Crippen LogP contribution in [0.1, 0.15) is 21.9 Å². The van der Waals surface area contributed by atoms with Crippen molar-refractivity contribution in [3.8, 4) is 11.4 Å². The first-order valence-corrected chi connectivity index (χ1v) is 9.36. The van der Waals surface area contributed by atoms with Crippen LogP contribution in [0.15, 0.2) is 77.3 Å². The van der Waals surface area contributed by atoms with Gasteiger partial charge in [0.15, 0.2) is 5.82 Å². The number of halogens is 1. The standard InChI is InChI=1S/C23H19FN4O2/c1-15-5-10-20(30-15)14-26-23(29)16-6-8-19(9-7-16)27-21-11-12-25-22(28-21)17-3-2-4-18(24)13-17/h2-13H,14H2,1H3,(H,26,29)(H,25,27,28). The van der Waals surface area contributed by atoms with Gasteiger partial charge in [-0.3, -0.25) is 4.79 Å². The van der Waals surface area contributed by atoms with Gasteiger partial charge in [0.2, 0.25) is 0 Å². The lowest BCUT2D eigenvalue weighted by atomic mass is 10.2. The Hall–Kier alpha value is -4.00. The largest absolute Gasteiger partial charge is 0.465 e. The van der Waals surface area contributed by atoms with Gasteiger partial charge in [-0.05, 0) is 61.5 Å². The van der Waals surface area contributed by atoms with Crippen molar-refractivity contribution >= 4 is 17.4 Å². The second-order valence-electron chi connectivity index (χ2n) is 6.67. The van der Waals surface area contributed by atoms with Crippen LogP contribution >= 0.6 is 0 Å². The lowest BCUT2D eigenvalue weighted by Crippen LogP contribution is -2.22. The van der Waals surface area contributed by atoms with Crippen LogP contribution in [0.25, 0.3) is 11.4 Å². The molecule has 2 aromatic carbocycles. The zero-order chi connectivity index (χ0) is 20.9. The minimum absolute atomic E-state index is 0.189. The average Bonchev–Trinajstić information content (AvgIpc) is 3.18. The summed E-state index contributed by atoms with van der Waals surface area (Å²) >= 11 is 0. The second-order valence-corrected chi connectivity index (χ2v) is 6.67. The molecule has 0 radical (unpaired) electrons. The molecular formula is C23H19FN4O2. The molecule has 0 aliphatic rings. The molecular weight excluding hydrogens is 383 g/mol. The highest BCUT2D eigenvalue weighted by atomic mass is 19.1. The number of benzene rings is 2. The summed E-state index contributed by atoms with van der Waals surface area (Å²) < 4.78 is 18.9. The zero-order valence-corrected chi connectivity index (χ0v) is 16.2. The number of amides is 1. The number of carbonyl (C=O) groups is 1. The van der Waals surface area contributed by atoms with E-state index in [0.717, 1.165) is 11.4 Å². The molecule has 2 heterocycles. The van der Waals surface area contributed by atoms with E-state index in [1.807, 2.05) is 19.1 Å². The molecule has 150 valence electrons. The summed E-state index contributed by atoms with van der Waals surface area (Å²) in [6.07, 6.45) is 1.60. The maximum atomic E-state index is 13.4. The molecule has 0 aliphatic carbocycles. The van der Waals surface area contributed by atoms with E-state index in [1.54, 1.807) is 48.7 Å². The van der Waals surface area contributed by atoms with Crippen molar-refractivity contribution in [1.29, 1.82) is 0 Å². The van der Waals surface area contributed by atoms with E-state index in [9.17, 15) is 9.18 Å². The maximum absolute atomic E-state index is 13.4. The van der Waals surface area contributed by atoms with Crippen molar-refractivity contribution in [2.45, 2.75) is 13.5 Å². The molecule has 4 rings (SSSR count). The smallest absolute Gasteiger partial charge is 0.251 e. The van der Waals surface area contributed by atoms with E-state index < -0.39 is 0 Å². The summed E-state index contributed by atoms with van der Waals surface area (Å²) in [5.41, 5.74) is 1.89. The minimum Gasteiger partial charge on any atom is -0.465 e. The Balaban J connectivity index is 1.41. The summed E-state index contributed by atoms with van der Waals surface area (Å²) in [5, 5.41) is 5.99. The van der Waals surface area contributed by atoms with Crippen LogP contribution in [0, 0.1) is 12.7 Å². The first-order valence-electron chi connectivity index (χ1n) is 9.36. The molecule has 6 nitrogen and oxygen atoms in total. The fourth-order valence-electron chi connectivity index (χ4n) is 2.90. The van der Waals surface area contributed by atoms with E-state index in [1.165, 1.54) is 12.1 Å². The average molecular weight is 402 g/mol. The number of nitrogens with zero attached hydrogens (tertiary/aromatic N) is 2. The summed E-state index contributed by atoms with van der Waals surface area (Å²) in [7, 11) is 0. The van der Waals surface area contributed by atoms with Crippen molar-refractivity contribution in [2.75, 3.05) is 5.32 Å². The van der Waals surface area contributed by atoms with Crippen LogP contribution in [0.5, 0.6) is 0 Å². The Morgan fingerprint density at radius 1 is 1.07 bits per heavy atom.